The molecule has 0 spiro atoms. The summed E-state index contributed by atoms with van der Waals surface area (Å²) in [6.45, 7) is 14.9. The Labute approximate surface area is 203 Å². The number of benzene rings is 2. The van der Waals surface area contributed by atoms with Crippen molar-refractivity contribution in [3.05, 3.63) is 83.5 Å². The van der Waals surface area contributed by atoms with Gasteiger partial charge in [0.05, 0.1) is 0 Å². The first kappa shape index (κ1) is 27.7. The molecule has 2 rings (SSSR count). The van der Waals surface area contributed by atoms with E-state index >= 15 is 0 Å². The summed E-state index contributed by atoms with van der Waals surface area (Å²) in [6.07, 6.45) is 0. The predicted molar refractivity (Wildman–Crippen MR) is 146 cm³/mol. The summed E-state index contributed by atoms with van der Waals surface area (Å²) in [4.78, 5) is 0. The molecule has 0 amide bonds. The van der Waals surface area contributed by atoms with Crippen molar-refractivity contribution in [3.63, 3.8) is 0 Å². The molecule has 0 saturated carbocycles. The van der Waals surface area contributed by atoms with Crippen molar-refractivity contribution in [3.8, 4) is 0 Å². The molecule has 0 saturated heterocycles. The molecule has 7 heteroatoms. The van der Waals surface area contributed by atoms with Crippen molar-refractivity contribution in [2.24, 2.45) is 0 Å². The van der Waals surface area contributed by atoms with Crippen LogP contribution in [0.2, 0.25) is 13.1 Å². The van der Waals surface area contributed by atoms with E-state index in [0.717, 1.165) is 0 Å². The third kappa shape index (κ3) is 7.71. The van der Waals surface area contributed by atoms with Crippen LogP contribution in [-0.4, -0.2) is 51.6 Å². The van der Waals surface area contributed by atoms with Crippen LogP contribution in [0.4, 0.5) is 0 Å². The maximum atomic E-state index is 6.15. The van der Waals surface area contributed by atoms with Gasteiger partial charge in [-0.05, 0) is 62.6 Å². The molecular weight excluding hydrogens is 461 g/mol. The fraction of sp³-hybridized carbons (Fsp3) is 0.385. The summed E-state index contributed by atoms with van der Waals surface area (Å²) in [5, 5.41) is 2.61. The summed E-state index contributed by atoms with van der Waals surface area (Å²) in [5.74, 6) is 0. The molecule has 180 valence electrons. The molecule has 0 atom stereocenters. The van der Waals surface area contributed by atoms with Crippen LogP contribution < -0.4 is 10.4 Å². The summed E-state index contributed by atoms with van der Waals surface area (Å²) >= 11 is 0. The molecule has 0 heterocycles. The second kappa shape index (κ2) is 13.3. The summed E-state index contributed by atoms with van der Waals surface area (Å²) < 4.78 is 24.6. The second-order valence-corrected chi connectivity index (χ2v) is 17.5. The lowest BCUT2D eigenvalue weighted by molar-refractivity contribution is 0.200. The Morgan fingerprint density at radius 2 is 0.818 bits per heavy atom. The zero-order valence-electron chi connectivity index (χ0n) is 21.0. The normalized spacial score (nSPS) is 13.3. The molecule has 0 aliphatic carbocycles. The van der Waals surface area contributed by atoms with Crippen LogP contribution in [0.5, 0.6) is 0 Å². The molecule has 0 fully saturated rings. The smallest absolute Gasteiger partial charge is 0.361 e. The maximum absolute atomic E-state index is 6.15. The topological polar surface area (TPSA) is 36.9 Å². The molecule has 2 aromatic rings. The Kier molecular flexibility index (Phi) is 11.2. The SMILES string of the molecule is CCO[Si](C)(C=C[Si](C=C[Si](C)(OCC)OCC)(c1ccccc1)c1ccccc1)OCC. The highest BCUT2D eigenvalue weighted by Crippen LogP contribution is 2.18. The van der Waals surface area contributed by atoms with Gasteiger partial charge in [-0.2, -0.15) is 0 Å². The fourth-order valence-corrected chi connectivity index (χ4v) is 14.1. The lowest BCUT2D eigenvalue weighted by Crippen LogP contribution is -2.57. The summed E-state index contributed by atoms with van der Waals surface area (Å²) in [7, 11) is -7.42. The van der Waals surface area contributed by atoms with E-state index < -0.39 is 25.2 Å². The lowest BCUT2D eigenvalue weighted by Gasteiger charge is -2.30. The van der Waals surface area contributed by atoms with E-state index in [0.29, 0.717) is 26.4 Å². The van der Waals surface area contributed by atoms with Crippen LogP contribution in [0.15, 0.2) is 83.5 Å². The van der Waals surface area contributed by atoms with Crippen molar-refractivity contribution in [2.45, 2.75) is 40.8 Å². The van der Waals surface area contributed by atoms with E-state index in [1.165, 1.54) is 10.4 Å². The molecule has 4 nitrogen and oxygen atoms in total. The minimum absolute atomic E-state index is 0.633. The van der Waals surface area contributed by atoms with E-state index in [-0.39, 0.29) is 0 Å². The van der Waals surface area contributed by atoms with Gasteiger partial charge in [0.25, 0.3) is 0 Å². The van der Waals surface area contributed by atoms with Gasteiger partial charge in [0.2, 0.25) is 0 Å². The fourth-order valence-electron chi connectivity index (χ4n) is 4.02. The van der Waals surface area contributed by atoms with Gasteiger partial charge >= 0.3 is 17.1 Å². The van der Waals surface area contributed by atoms with Crippen molar-refractivity contribution >= 4 is 35.6 Å². The maximum Gasteiger partial charge on any atom is 0.361 e. The Balaban J connectivity index is 2.74. The standard InChI is InChI=1S/C26H40O4Si3/c1-7-27-31(5,28-8-2)21-23-33(25-17-13-11-14-18-25,26-19-15-12-16-20-26)24-22-32(6,29-9-3)30-10-4/h11-24H,7-10H2,1-6H3. The molecule has 0 N–H and O–H groups in total. The number of rotatable bonds is 14. The Hall–Kier alpha value is -1.59. The van der Waals surface area contributed by atoms with Crippen LogP contribution in [0, 0.1) is 0 Å². The van der Waals surface area contributed by atoms with Gasteiger partial charge in [0.15, 0.2) is 8.07 Å². The summed E-state index contributed by atoms with van der Waals surface area (Å²) in [6, 6.07) is 21.5. The molecule has 0 aromatic heterocycles. The van der Waals surface area contributed by atoms with Crippen LogP contribution in [0.25, 0.3) is 0 Å². The Morgan fingerprint density at radius 3 is 1.09 bits per heavy atom. The Morgan fingerprint density at radius 1 is 0.515 bits per heavy atom. The summed E-state index contributed by atoms with van der Waals surface area (Å²) in [5.41, 5.74) is 9.24. The highest BCUT2D eigenvalue weighted by molar-refractivity contribution is 7.10. The molecule has 2 aromatic carbocycles. The van der Waals surface area contributed by atoms with Crippen molar-refractivity contribution < 1.29 is 17.7 Å². The molecule has 0 aliphatic rings. The van der Waals surface area contributed by atoms with Crippen LogP contribution in [0.3, 0.4) is 0 Å². The van der Waals surface area contributed by atoms with Gasteiger partial charge in [-0.3, -0.25) is 0 Å². The Bertz CT molecular complexity index is 786. The first-order chi connectivity index (χ1) is 15.9. The molecular formula is C26H40O4Si3. The second-order valence-electron chi connectivity index (χ2n) is 8.03. The van der Waals surface area contributed by atoms with E-state index in [1.807, 2.05) is 27.7 Å². The third-order valence-corrected chi connectivity index (χ3v) is 15.1. The lowest BCUT2D eigenvalue weighted by atomic mass is 10.4. The van der Waals surface area contributed by atoms with E-state index in [2.05, 4.69) is 96.6 Å². The average molecular weight is 501 g/mol. The molecule has 33 heavy (non-hydrogen) atoms. The highest BCUT2D eigenvalue weighted by Gasteiger charge is 2.37. The van der Waals surface area contributed by atoms with Gasteiger partial charge in [0, 0.05) is 26.4 Å². The van der Waals surface area contributed by atoms with Crippen molar-refractivity contribution in [1.29, 1.82) is 0 Å². The monoisotopic (exact) mass is 500 g/mol. The van der Waals surface area contributed by atoms with Crippen molar-refractivity contribution in [1.82, 2.24) is 0 Å². The van der Waals surface area contributed by atoms with Gasteiger partial charge in [-0.25, -0.2) is 0 Å². The minimum atomic E-state index is -2.50. The van der Waals surface area contributed by atoms with Gasteiger partial charge < -0.3 is 17.7 Å². The van der Waals surface area contributed by atoms with Crippen LogP contribution in [-0.2, 0) is 17.7 Å². The number of hydrogen-bond acceptors (Lipinski definition) is 4. The molecule has 0 unspecified atom stereocenters. The molecule has 0 aliphatic heterocycles. The predicted octanol–water partition coefficient (Wildman–Crippen LogP) is 4.81. The zero-order chi connectivity index (χ0) is 24.2. The largest absolute Gasteiger partial charge is 0.392 e. The minimum Gasteiger partial charge on any atom is -0.392 e. The van der Waals surface area contributed by atoms with E-state index in [4.69, 9.17) is 17.7 Å². The van der Waals surface area contributed by atoms with Crippen LogP contribution >= 0.6 is 0 Å². The van der Waals surface area contributed by atoms with Crippen molar-refractivity contribution in [2.75, 3.05) is 26.4 Å². The first-order valence-electron chi connectivity index (χ1n) is 11.9. The van der Waals surface area contributed by atoms with E-state index in [9.17, 15) is 0 Å². The first-order valence-corrected chi connectivity index (χ1v) is 18.9. The molecule has 0 bridgehead atoms. The molecule has 0 radical (unpaired) electrons. The van der Waals surface area contributed by atoms with Gasteiger partial charge in [0.1, 0.15) is 0 Å². The zero-order valence-corrected chi connectivity index (χ0v) is 24.0. The average Bonchev–Trinajstić information content (AvgIpc) is 2.81. The van der Waals surface area contributed by atoms with Gasteiger partial charge in [-0.15, -0.1) is 0 Å². The highest BCUT2D eigenvalue weighted by atomic mass is 28.4. The van der Waals surface area contributed by atoms with Crippen LogP contribution in [0.1, 0.15) is 27.7 Å². The quantitative estimate of drug-likeness (QED) is 0.349. The third-order valence-electron chi connectivity index (χ3n) is 5.52. The van der Waals surface area contributed by atoms with Gasteiger partial charge in [-0.1, -0.05) is 72.1 Å². The number of hydrogen-bond donors (Lipinski definition) is 0. The van der Waals surface area contributed by atoms with E-state index in [1.54, 1.807) is 0 Å².